The van der Waals surface area contributed by atoms with Crippen LogP contribution in [-0.4, -0.2) is 16.3 Å². The van der Waals surface area contributed by atoms with Gasteiger partial charge in [-0.1, -0.05) is 42.3 Å². The molecule has 6 heteroatoms. The topological polar surface area (TPSA) is 29.9 Å². The highest BCUT2D eigenvalue weighted by Crippen LogP contribution is 2.28. The van der Waals surface area contributed by atoms with Crippen molar-refractivity contribution in [2.24, 2.45) is 0 Å². The van der Waals surface area contributed by atoms with Gasteiger partial charge in [0.25, 0.3) is 0 Å². The molecule has 1 aromatic carbocycles. The molecule has 1 heterocycles. The van der Waals surface area contributed by atoms with Crippen LogP contribution in [0, 0.1) is 5.82 Å². The molecule has 0 saturated carbocycles. The second kappa shape index (κ2) is 7.25. The molecule has 1 aromatic heterocycles. The summed E-state index contributed by atoms with van der Waals surface area (Å²) in [7, 11) is 0. The summed E-state index contributed by atoms with van der Waals surface area (Å²) in [6, 6.07) is 4.93. The number of nitrogens with zero attached hydrogens (tertiary/aromatic N) is 2. The third-order valence-electron chi connectivity index (χ3n) is 3.37. The number of halogens is 3. The summed E-state index contributed by atoms with van der Waals surface area (Å²) >= 11 is 12.1. The van der Waals surface area contributed by atoms with Crippen molar-refractivity contribution in [3.8, 4) is 0 Å². The van der Waals surface area contributed by atoms with Crippen molar-refractivity contribution in [2.45, 2.75) is 32.9 Å². The Labute approximate surface area is 134 Å². The Morgan fingerprint density at radius 3 is 2.71 bits per heavy atom. The van der Waals surface area contributed by atoms with Crippen molar-refractivity contribution in [1.82, 2.24) is 15.1 Å². The quantitative estimate of drug-likeness (QED) is 0.858. The van der Waals surface area contributed by atoms with Crippen LogP contribution in [0.3, 0.4) is 0 Å². The second-order valence-electron chi connectivity index (χ2n) is 4.72. The molecule has 0 amide bonds. The van der Waals surface area contributed by atoms with E-state index < -0.39 is 0 Å². The van der Waals surface area contributed by atoms with Crippen LogP contribution in [0.5, 0.6) is 0 Å². The van der Waals surface area contributed by atoms with Gasteiger partial charge >= 0.3 is 0 Å². The highest BCUT2D eigenvalue weighted by molar-refractivity contribution is 6.31. The minimum Gasteiger partial charge on any atom is -0.309 e. The third kappa shape index (κ3) is 3.57. The summed E-state index contributed by atoms with van der Waals surface area (Å²) in [5.74, 6) is -0.374. The summed E-state index contributed by atoms with van der Waals surface area (Å²) in [5.41, 5.74) is 1.44. The molecular formula is C15H18Cl2FN3. The summed E-state index contributed by atoms with van der Waals surface area (Å²) in [5, 5.41) is 8.31. The highest BCUT2D eigenvalue weighted by Gasteiger charge is 2.21. The van der Waals surface area contributed by atoms with E-state index in [2.05, 4.69) is 10.4 Å². The van der Waals surface area contributed by atoms with Crippen LogP contribution in [-0.2, 0) is 13.0 Å². The number of likely N-dealkylation sites (N-methyl/N-ethyl adjacent to an activating group) is 1. The number of hydrogen-bond acceptors (Lipinski definition) is 2. The van der Waals surface area contributed by atoms with E-state index in [0.29, 0.717) is 23.6 Å². The molecule has 21 heavy (non-hydrogen) atoms. The van der Waals surface area contributed by atoms with E-state index in [-0.39, 0.29) is 16.9 Å². The Bertz CT molecular complexity index is 613. The predicted molar refractivity (Wildman–Crippen MR) is 84.4 cm³/mol. The van der Waals surface area contributed by atoms with Gasteiger partial charge in [-0.05, 0) is 31.5 Å². The summed E-state index contributed by atoms with van der Waals surface area (Å²) in [4.78, 5) is 0. The zero-order valence-electron chi connectivity index (χ0n) is 12.0. The second-order valence-corrected chi connectivity index (χ2v) is 5.54. The van der Waals surface area contributed by atoms with Crippen LogP contribution in [0.2, 0.25) is 10.0 Å². The van der Waals surface area contributed by atoms with Gasteiger partial charge in [0.05, 0.1) is 28.0 Å². The molecule has 0 saturated heterocycles. The molecule has 0 radical (unpaired) electrons. The smallest absolute Gasteiger partial charge is 0.145 e. The maximum Gasteiger partial charge on any atom is 0.145 e. The molecule has 2 aromatic rings. The fourth-order valence-electron chi connectivity index (χ4n) is 2.41. The Balaban J connectivity index is 2.35. The lowest BCUT2D eigenvalue weighted by Crippen LogP contribution is -2.26. The first-order valence-corrected chi connectivity index (χ1v) is 7.71. The summed E-state index contributed by atoms with van der Waals surface area (Å²) in [6.45, 7) is 5.46. The Morgan fingerprint density at radius 1 is 1.29 bits per heavy atom. The van der Waals surface area contributed by atoms with Crippen LogP contribution >= 0.6 is 23.2 Å². The maximum absolute atomic E-state index is 14.1. The average molecular weight is 330 g/mol. The fraction of sp³-hybridized carbons (Fsp3) is 0.400. The van der Waals surface area contributed by atoms with Gasteiger partial charge in [0.2, 0.25) is 0 Å². The van der Waals surface area contributed by atoms with Crippen LogP contribution in [0.4, 0.5) is 4.39 Å². The van der Waals surface area contributed by atoms with Gasteiger partial charge in [0, 0.05) is 6.54 Å². The van der Waals surface area contributed by atoms with E-state index >= 15 is 0 Å². The van der Waals surface area contributed by atoms with Crippen molar-refractivity contribution in [2.75, 3.05) is 6.54 Å². The Kier molecular flexibility index (Phi) is 5.62. The molecule has 1 N–H and O–H groups in total. The predicted octanol–water partition coefficient (Wildman–Crippen LogP) is 4.24. The highest BCUT2D eigenvalue weighted by atomic mass is 35.5. The van der Waals surface area contributed by atoms with Crippen LogP contribution in [0.1, 0.15) is 31.1 Å². The average Bonchev–Trinajstić information content (AvgIpc) is 2.84. The minimum absolute atomic E-state index is 0.113. The third-order valence-corrected chi connectivity index (χ3v) is 3.95. The van der Waals surface area contributed by atoms with E-state index in [1.807, 2.05) is 18.5 Å². The fourth-order valence-corrected chi connectivity index (χ4v) is 2.88. The molecule has 0 aliphatic rings. The van der Waals surface area contributed by atoms with Crippen LogP contribution in [0.25, 0.3) is 0 Å². The molecule has 0 aliphatic carbocycles. The first-order chi connectivity index (χ1) is 10.1. The molecule has 0 bridgehead atoms. The van der Waals surface area contributed by atoms with Gasteiger partial charge in [-0.3, -0.25) is 4.68 Å². The molecule has 0 fully saturated rings. The number of aryl methyl sites for hydroxylation is 1. The van der Waals surface area contributed by atoms with Gasteiger partial charge in [0.1, 0.15) is 5.82 Å². The number of nitrogens with one attached hydrogen (secondary N) is 1. The largest absolute Gasteiger partial charge is 0.309 e. The molecule has 0 aliphatic heterocycles. The monoisotopic (exact) mass is 329 g/mol. The molecule has 3 nitrogen and oxygen atoms in total. The van der Waals surface area contributed by atoms with Crippen molar-refractivity contribution in [3.63, 3.8) is 0 Å². The lowest BCUT2D eigenvalue weighted by molar-refractivity contribution is 0.481. The molecule has 1 unspecified atom stereocenters. The van der Waals surface area contributed by atoms with Gasteiger partial charge in [-0.25, -0.2) is 4.39 Å². The number of benzene rings is 1. The SMILES string of the molecule is CCNC(Cc1cccc(Cl)c1F)c1c(Cl)cnn1CC. The van der Waals surface area contributed by atoms with Gasteiger partial charge in [-0.2, -0.15) is 5.10 Å². The Morgan fingerprint density at radius 2 is 2.05 bits per heavy atom. The summed E-state index contributed by atoms with van der Waals surface area (Å²) < 4.78 is 15.9. The number of rotatable bonds is 6. The van der Waals surface area contributed by atoms with Crippen molar-refractivity contribution >= 4 is 23.2 Å². The van der Waals surface area contributed by atoms with Crippen LogP contribution in [0.15, 0.2) is 24.4 Å². The lowest BCUT2D eigenvalue weighted by atomic mass is 10.0. The van der Waals surface area contributed by atoms with E-state index in [9.17, 15) is 4.39 Å². The zero-order chi connectivity index (χ0) is 15.4. The molecular weight excluding hydrogens is 312 g/mol. The van der Waals surface area contributed by atoms with Gasteiger partial charge < -0.3 is 5.32 Å². The van der Waals surface area contributed by atoms with E-state index in [1.165, 1.54) is 0 Å². The van der Waals surface area contributed by atoms with Crippen LogP contribution < -0.4 is 5.32 Å². The van der Waals surface area contributed by atoms with E-state index in [0.717, 1.165) is 12.2 Å². The number of aromatic nitrogens is 2. The van der Waals surface area contributed by atoms with Gasteiger partial charge in [-0.15, -0.1) is 0 Å². The Hall–Kier alpha value is -1.10. The number of hydrogen-bond donors (Lipinski definition) is 1. The maximum atomic E-state index is 14.1. The standard InChI is InChI=1S/C15H18Cl2FN3/c1-3-19-13(15-12(17)9-20-21(15)4-2)8-10-6-5-7-11(16)14(10)18/h5-7,9,13,19H,3-4,8H2,1-2H3. The molecule has 1 atom stereocenters. The summed E-state index contributed by atoms with van der Waals surface area (Å²) in [6.07, 6.45) is 2.09. The minimum atomic E-state index is -0.374. The first kappa shape index (κ1) is 16.3. The molecule has 2 rings (SSSR count). The first-order valence-electron chi connectivity index (χ1n) is 6.95. The van der Waals surface area contributed by atoms with Gasteiger partial charge in [0.15, 0.2) is 0 Å². The zero-order valence-corrected chi connectivity index (χ0v) is 13.5. The van der Waals surface area contributed by atoms with Crippen molar-refractivity contribution in [1.29, 1.82) is 0 Å². The van der Waals surface area contributed by atoms with Crippen molar-refractivity contribution in [3.05, 3.63) is 51.5 Å². The van der Waals surface area contributed by atoms with E-state index in [4.69, 9.17) is 23.2 Å². The molecule has 114 valence electrons. The van der Waals surface area contributed by atoms with E-state index in [1.54, 1.807) is 24.4 Å². The normalized spacial score (nSPS) is 12.6. The molecule has 0 spiro atoms. The lowest BCUT2D eigenvalue weighted by Gasteiger charge is -2.20. The van der Waals surface area contributed by atoms with Crippen molar-refractivity contribution < 1.29 is 4.39 Å².